The smallest absolute Gasteiger partial charge is 0.253 e. The van der Waals surface area contributed by atoms with Crippen LogP contribution in [0.15, 0.2) is 24.3 Å². The maximum atomic E-state index is 12.2. The van der Waals surface area contributed by atoms with E-state index in [0.29, 0.717) is 25.9 Å². The van der Waals surface area contributed by atoms with Crippen LogP contribution in [-0.2, 0) is 0 Å². The molecule has 1 aromatic rings. The van der Waals surface area contributed by atoms with Gasteiger partial charge in [-0.15, -0.1) is 0 Å². The van der Waals surface area contributed by atoms with Crippen molar-refractivity contribution in [2.45, 2.75) is 25.4 Å². The lowest BCUT2D eigenvalue weighted by molar-refractivity contribution is -0.00202. The number of halogens is 1. The molecule has 2 rings (SSSR count). The summed E-state index contributed by atoms with van der Waals surface area (Å²) in [4.78, 5) is 14.0. The minimum atomic E-state index is -0.608. The van der Waals surface area contributed by atoms with E-state index in [9.17, 15) is 9.90 Å². The highest BCUT2D eigenvalue weighted by molar-refractivity contribution is 14.1. The minimum Gasteiger partial charge on any atom is -0.390 e. The molecular weight excluding hydrogens is 329 g/mol. The van der Waals surface area contributed by atoms with E-state index in [1.165, 1.54) is 0 Å². The standard InChI is InChI=1S/C13H16INO2/c1-13(17)6-8-15(9-7-13)12(16)10-2-4-11(14)5-3-10/h2-5,17H,6-9H2,1H3. The molecule has 0 saturated carbocycles. The third kappa shape index (κ3) is 3.19. The van der Waals surface area contributed by atoms with Crippen LogP contribution in [0.1, 0.15) is 30.1 Å². The largest absolute Gasteiger partial charge is 0.390 e. The number of hydrogen-bond donors (Lipinski definition) is 1. The third-order valence-electron chi connectivity index (χ3n) is 3.22. The van der Waals surface area contributed by atoms with E-state index in [1.807, 2.05) is 36.1 Å². The van der Waals surface area contributed by atoms with Gasteiger partial charge in [0.2, 0.25) is 0 Å². The third-order valence-corrected chi connectivity index (χ3v) is 3.94. The highest BCUT2D eigenvalue weighted by Crippen LogP contribution is 2.22. The summed E-state index contributed by atoms with van der Waals surface area (Å²) in [6.45, 7) is 3.11. The van der Waals surface area contributed by atoms with Crippen LogP contribution >= 0.6 is 22.6 Å². The predicted octanol–water partition coefficient (Wildman–Crippen LogP) is 2.28. The molecule has 1 heterocycles. The molecular formula is C13H16INO2. The van der Waals surface area contributed by atoms with E-state index in [2.05, 4.69) is 22.6 Å². The zero-order valence-corrected chi connectivity index (χ0v) is 12.0. The monoisotopic (exact) mass is 345 g/mol. The zero-order valence-electron chi connectivity index (χ0n) is 9.82. The molecule has 0 atom stereocenters. The Kier molecular flexibility index (Phi) is 3.73. The molecule has 0 unspecified atom stereocenters. The Bertz CT molecular complexity index is 404. The van der Waals surface area contributed by atoms with Gasteiger partial charge >= 0.3 is 0 Å². The molecule has 0 radical (unpaired) electrons. The average Bonchev–Trinajstić information content (AvgIpc) is 2.29. The number of carbonyl (C=O) groups excluding carboxylic acids is 1. The molecule has 0 bridgehead atoms. The summed E-state index contributed by atoms with van der Waals surface area (Å²) >= 11 is 2.22. The van der Waals surface area contributed by atoms with Gasteiger partial charge in [-0.1, -0.05) is 0 Å². The lowest BCUT2D eigenvalue weighted by atomic mass is 9.93. The van der Waals surface area contributed by atoms with Crippen LogP contribution in [0.4, 0.5) is 0 Å². The van der Waals surface area contributed by atoms with Gasteiger partial charge in [-0.05, 0) is 66.6 Å². The normalized spacial score (nSPS) is 19.1. The van der Waals surface area contributed by atoms with Gasteiger partial charge < -0.3 is 10.0 Å². The van der Waals surface area contributed by atoms with Crippen LogP contribution in [0, 0.1) is 3.57 Å². The lowest BCUT2D eigenvalue weighted by Gasteiger charge is -2.35. The maximum absolute atomic E-state index is 12.2. The summed E-state index contributed by atoms with van der Waals surface area (Å²) in [5.74, 6) is 0.0666. The molecule has 1 aromatic carbocycles. The zero-order chi connectivity index (χ0) is 12.5. The highest BCUT2D eigenvalue weighted by atomic mass is 127. The van der Waals surface area contributed by atoms with Crippen molar-refractivity contribution >= 4 is 28.5 Å². The fourth-order valence-electron chi connectivity index (χ4n) is 1.97. The molecule has 17 heavy (non-hydrogen) atoms. The maximum Gasteiger partial charge on any atom is 0.253 e. The van der Waals surface area contributed by atoms with E-state index < -0.39 is 5.60 Å². The Morgan fingerprint density at radius 3 is 2.35 bits per heavy atom. The minimum absolute atomic E-state index is 0.0666. The summed E-state index contributed by atoms with van der Waals surface area (Å²) < 4.78 is 1.13. The van der Waals surface area contributed by atoms with Crippen LogP contribution in [0.3, 0.4) is 0 Å². The van der Waals surface area contributed by atoms with Crippen molar-refractivity contribution in [2.24, 2.45) is 0 Å². The van der Waals surface area contributed by atoms with Gasteiger partial charge in [0.05, 0.1) is 5.60 Å². The van der Waals surface area contributed by atoms with E-state index in [-0.39, 0.29) is 5.91 Å². The van der Waals surface area contributed by atoms with Gasteiger partial charge in [-0.3, -0.25) is 4.79 Å². The lowest BCUT2D eigenvalue weighted by Crippen LogP contribution is -2.45. The molecule has 4 heteroatoms. The number of hydrogen-bond acceptors (Lipinski definition) is 2. The summed E-state index contributed by atoms with van der Waals surface area (Å²) in [6.07, 6.45) is 1.31. The van der Waals surface area contributed by atoms with Gasteiger partial charge in [0.15, 0.2) is 0 Å². The molecule has 0 aliphatic carbocycles. The first kappa shape index (κ1) is 12.8. The fraction of sp³-hybridized carbons (Fsp3) is 0.462. The molecule has 0 spiro atoms. The summed E-state index contributed by atoms with van der Waals surface area (Å²) in [7, 11) is 0. The van der Waals surface area contributed by atoms with Crippen molar-refractivity contribution < 1.29 is 9.90 Å². The SMILES string of the molecule is CC1(O)CCN(C(=O)c2ccc(I)cc2)CC1. The number of likely N-dealkylation sites (tertiary alicyclic amines) is 1. The number of nitrogens with zero attached hydrogens (tertiary/aromatic N) is 1. The Labute approximate surface area is 115 Å². The Hall–Kier alpha value is -0.620. The van der Waals surface area contributed by atoms with E-state index in [4.69, 9.17) is 0 Å². The highest BCUT2D eigenvalue weighted by Gasteiger charge is 2.29. The van der Waals surface area contributed by atoms with Gasteiger partial charge in [0.25, 0.3) is 5.91 Å². The Morgan fingerprint density at radius 2 is 1.82 bits per heavy atom. The fourth-order valence-corrected chi connectivity index (χ4v) is 2.33. The molecule has 1 aliphatic rings. The first-order valence-electron chi connectivity index (χ1n) is 5.75. The number of piperidine rings is 1. The topological polar surface area (TPSA) is 40.5 Å². The number of aliphatic hydroxyl groups is 1. The van der Waals surface area contributed by atoms with Gasteiger partial charge in [0.1, 0.15) is 0 Å². The van der Waals surface area contributed by atoms with Crippen molar-refractivity contribution in [2.75, 3.05) is 13.1 Å². The summed E-state index contributed by atoms with van der Waals surface area (Å²) in [5.41, 5.74) is 0.120. The summed E-state index contributed by atoms with van der Waals surface area (Å²) in [5, 5.41) is 9.84. The number of amides is 1. The molecule has 1 N–H and O–H groups in total. The molecule has 1 fully saturated rings. The van der Waals surface area contributed by atoms with Crippen LogP contribution in [0.5, 0.6) is 0 Å². The number of benzene rings is 1. The van der Waals surface area contributed by atoms with Crippen LogP contribution in [0.25, 0.3) is 0 Å². The van der Waals surface area contributed by atoms with Crippen molar-refractivity contribution in [1.29, 1.82) is 0 Å². The molecule has 3 nitrogen and oxygen atoms in total. The number of rotatable bonds is 1. The number of carbonyl (C=O) groups is 1. The second-order valence-electron chi connectivity index (χ2n) is 4.80. The van der Waals surface area contributed by atoms with Crippen LogP contribution in [-0.4, -0.2) is 34.6 Å². The van der Waals surface area contributed by atoms with Crippen LogP contribution in [0.2, 0.25) is 0 Å². The second-order valence-corrected chi connectivity index (χ2v) is 6.04. The molecule has 92 valence electrons. The Morgan fingerprint density at radius 1 is 1.29 bits per heavy atom. The molecule has 1 amide bonds. The van der Waals surface area contributed by atoms with E-state index in [1.54, 1.807) is 0 Å². The van der Waals surface area contributed by atoms with Crippen molar-refractivity contribution in [1.82, 2.24) is 4.90 Å². The van der Waals surface area contributed by atoms with Gasteiger partial charge in [-0.2, -0.15) is 0 Å². The molecule has 1 saturated heterocycles. The Balaban J connectivity index is 2.04. The van der Waals surface area contributed by atoms with E-state index in [0.717, 1.165) is 9.13 Å². The van der Waals surface area contributed by atoms with Crippen molar-refractivity contribution in [3.63, 3.8) is 0 Å². The van der Waals surface area contributed by atoms with Crippen LogP contribution < -0.4 is 0 Å². The molecule has 0 aromatic heterocycles. The second kappa shape index (κ2) is 4.94. The predicted molar refractivity (Wildman–Crippen MR) is 74.9 cm³/mol. The average molecular weight is 345 g/mol. The van der Waals surface area contributed by atoms with E-state index >= 15 is 0 Å². The quantitative estimate of drug-likeness (QED) is 0.794. The molecule has 1 aliphatic heterocycles. The first-order valence-corrected chi connectivity index (χ1v) is 6.83. The van der Waals surface area contributed by atoms with Gasteiger partial charge in [0, 0.05) is 22.2 Å². The van der Waals surface area contributed by atoms with Crippen molar-refractivity contribution in [3.05, 3.63) is 33.4 Å². The van der Waals surface area contributed by atoms with Gasteiger partial charge in [-0.25, -0.2) is 0 Å². The first-order chi connectivity index (χ1) is 7.98. The van der Waals surface area contributed by atoms with Crippen molar-refractivity contribution in [3.8, 4) is 0 Å². The summed E-state index contributed by atoms with van der Waals surface area (Å²) in [6, 6.07) is 7.59.